The van der Waals surface area contributed by atoms with Crippen molar-refractivity contribution in [3.8, 4) is 0 Å². The minimum atomic E-state index is -4.69. The number of nitrogens with one attached hydrogen (secondary N) is 1. The highest BCUT2D eigenvalue weighted by Gasteiger charge is 2.39. The molecule has 8 heteroatoms. The van der Waals surface area contributed by atoms with Crippen molar-refractivity contribution in [1.82, 2.24) is 10.2 Å². The Morgan fingerprint density at radius 3 is 2.08 bits per heavy atom. The molecule has 1 N–H and O–H groups in total. The van der Waals surface area contributed by atoms with E-state index in [-0.39, 0.29) is 11.5 Å². The second-order valence-electron chi connectivity index (χ2n) is 7.07. The average Bonchev–Trinajstić information content (AvgIpc) is 2.54. The monoisotopic (exact) mass is 382 g/mol. The molecule has 1 aliphatic heterocycles. The summed E-state index contributed by atoms with van der Waals surface area (Å²) in [5, 5.41) is 3.12. The van der Waals surface area contributed by atoms with Crippen LogP contribution in [0.2, 0.25) is 0 Å². The van der Waals surface area contributed by atoms with Gasteiger partial charge in [0, 0.05) is 32.2 Å². The topological polar surface area (TPSA) is 15.3 Å². The lowest BCUT2D eigenvalue weighted by Gasteiger charge is -2.37. The molecule has 1 saturated heterocycles. The van der Waals surface area contributed by atoms with Gasteiger partial charge in [-0.3, -0.25) is 4.90 Å². The number of alkyl halides is 6. The first-order valence-corrected chi connectivity index (χ1v) is 8.73. The van der Waals surface area contributed by atoms with E-state index >= 15 is 0 Å². The van der Waals surface area contributed by atoms with E-state index in [0.29, 0.717) is 57.2 Å². The van der Waals surface area contributed by atoms with Crippen LogP contribution in [-0.4, -0.2) is 31.1 Å². The number of piperazine rings is 1. The Bertz CT molecular complexity index is 588. The van der Waals surface area contributed by atoms with E-state index < -0.39 is 29.5 Å². The van der Waals surface area contributed by atoms with Crippen LogP contribution in [0.15, 0.2) is 18.2 Å². The van der Waals surface area contributed by atoms with Crippen molar-refractivity contribution in [2.24, 2.45) is 5.92 Å². The molecule has 0 amide bonds. The molecule has 2 rings (SSSR count). The van der Waals surface area contributed by atoms with Crippen molar-refractivity contribution < 1.29 is 26.3 Å². The van der Waals surface area contributed by atoms with Crippen LogP contribution in [0.4, 0.5) is 26.3 Å². The molecule has 148 valence electrons. The van der Waals surface area contributed by atoms with E-state index in [9.17, 15) is 26.3 Å². The lowest BCUT2D eigenvalue weighted by molar-refractivity contribution is -0.142. The zero-order chi connectivity index (χ0) is 19.5. The molecule has 1 aliphatic rings. The van der Waals surface area contributed by atoms with Gasteiger partial charge in [-0.05, 0) is 42.5 Å². The van der Waals surface area contributed by atoms with Crippen LogP contribution in [0.5, 0.6) is 0 Å². The van der Waals surface area contributed by atoms with Crippen LogP contribution in [-0.2, 0) is 12.4 Å². The lowest BCUT2D eigenvalue weighted by Crippen LogP contribution is -2.45. The van der Waals surface area contributed by atoms with Crippen molar-refractivity contribution in [2.75, 3.05) is 26.2 Å². The van der Waals surface area contributed by atoms with Crippen LogP contribution in [0, 0.1) is 5.92 Å². The maximum Gasteiger partial charge on any atom is 0.416 e. The summed E-state index contributed by atoms with van der Waals surface area (Å²) in [5.74, 6) is 0.251. The zero-order valence-corrected chi connectivity index (χ0v) is 14.8. The summed E-state index contributed by atoms with van der Waals surface area (Å²) < 4.78 is 79.8. The third kappa shape index (κ3) is 5.36. The molecule has 0 spiro atoms. The standard InChI is InChI=1S/C18H24F6N2/c1-12(2)3-6-16(26-9-7-25-8-10-26)14-11-13(17(19,20)21)4-5-15(14)18(22,23)24/h4-5,11-12,16,25H,3,6-10H2,1-2H3/t16-/m1/s1. The maximum atomic E-state index is 13.5. The van der Waals surface area contributed by atoms with Gasteiger partial charge in [0.2, 0.25) is 0 Å². The van der Waals surface area contributed by atoms with Crippen LogP contribution < -0.4 is 5.32 Å². The number of benzene rings is 1. The van der Waals surface area contributed by atoms with Gasteiger partial charge in [0.25, 0.3) is 0 Å². The second-order valence-corrected chi connectivity index (χ2v) is 7.07. The molecule has 1 aromatic carbocycles. The van der Waals surface area contributed by atoms with Crippen molar-refractivity contribution in [3.05, 3.63) is 34.9 Å². The highest BCUT2D eigenvalue weighted by Crippen LogP contribution is 2.41. The maximum absolute atomic E-state index is 13.5. The zero-order valence-electron chi connectivity index (χ0n) is 14.8. The van der Waals surface area contributed by atoms with Crippen molar-refractivity contribution in [3.63, 3.8) is 0 Å². The van der Waals surface area contributed by atoms with Crippen molar-refractivity contribution in [1.29, 1.82) is 0 Å². The molecule has 0 unspecified atom stereocenters. The number of rotatable bonds is 5. The molecule has 1 heterocycles. The predicted molar refractivity (Wildman–Crippen MR) is 87.7 cm³/mol. The normalized spacial score (nSPS) is 18.3. The highest BCUT2D eigenvalue weighted by molar-refractivity contribution is 5.37. The third-order valence-electron chi connectivity index (χ3n) is 4.65. The summed E-state index contributed by atoms with van der Waals surface area (Å²) in [7, 11) is 0. The molecule has 26 heavy (non-hydrogen) atoms. The van der Waals surface area contributed by atoms with Crippen LogP contribution in [0.25, 0.3) is 0 Å². The van der Waals surface area contributed by atoms with Gasteiger partial charge in [0.05, 0.1) is 11.1 Å². The molecule has 2 nitrogen and oxygen atoms in total. The third-order valence-corrected chi connectivity index (χ3v) is 4.65. The van der Waals surface area contributed by atoms with E-state index in [1.165, 1.54) is 0 Å². The predicted octanol–water partition coefficient (Wildman–Crippen LogP) is 5.11. The van der Waals surface area contributed by atoms with Gasteiger partial charge in [-0.25, -0.2) is 0 Å². The summed E-state index contributed by atoms with van der Waals surface area (Å²) in [6.45, 7) is 6.14. The van der Waals surface area contributed by atoms with E-state index in [0.717, 1.165) is 0 Å². The Balaban J connectivity index is 2.51. The molecule has 1 atom stereocenters. The first kappa shape index (κ1) is 21.0. The lowest BCUT2D eigenvalue weighted by atomic mass is 9.90. The Kier molecular flexibility index (Phi) is 6.60. The minimum Gasteiger partial charge on any atom is -0.314 e. The fraction of sp³-hybridized carbons (Fsp3) is 0.667. The molecule has 0 aromatic heterocycles. The first-order chi connectivity index (χ1) is 12.0. The SMILES string of the molecule is CC(C)CC[C@H](c1cc(C(F)(F)F)ccc1C(F)(F)F)N1CCNCC1. The van der Waals surface area contributed by atoms with Crippen LogP contribution in [0.1, 0.15) is 49.4 Å². The van der Waals surface area contributed by atoms with Crippen molar-refractivity contribution >= 4 is 0 Å². The molecule has 0 aliphatic carbocycles. The number of hydrogen-bond donors (Lipinski definition) is 1. The second kappa shape index (κ2) is 8.17. The average molecular weight is 382 g/mol. The smallest absolute Gasteiger partial charge is 0.314 e. The Morgan fingerprint density at radius 1 is 0.962 bits per heavy atom. The van der Waals surface area contributed by atoms with Gasteiger partial charge in [-0.1, -0.05) is 13.8 Å². The Hall–Kier alpha value is -1.28. The van der Waals surface area contributed by atoms with Gasteiger partial charge in [-0.15, -0.1) is 0 Å². The van der Waals surface area contributed by atoms with Gasteiger partial charge in [-0.2, -0.15) is 26.3 Å². The fourth-order valence-corrected chi connectivity index (χ4v) is 3.29. The van der Waals surface area contributed by atoms with E-state index in [2.05, 4.69) is 5.32 Å². The molecule has 0 radical (unpaired) electrons. The highest BCUT2D eigenvalue weighted by atomic mass is 19.4. The summed E-state index contributed by atoms with van der Waals surface area (Å²) in [6.07, 6.45) is -8.33. The minimum absolute atomic E-state index is 0.251. The molecule has 0 saturated carbocycles. The summed E-state index contributed by atoms with van der Waals surface area (Å²) in [5.41, 5.74) is -2.28. The van der Waals surface area contributed by atoms with E-state index in [1.54, 1.807) is 0 Å². The molecule has 1 aromatic rings. The van der Waals surface area contributed by atoms with Gasteiger partial charge in [0.1, 0.15) is 0 Å². The summed E-state index contributed by atoms with van der Waals surface area (Å²) in [4.78, 5) is 1.86. The number of hydrogen-bond acceptors (Lipinski definition) is 2. The Morgan fingerprint density at radius 2 is 1.58 bits per heavy atom. The quantitative estimate of drug-likeness (QED) is 0.713. The molecule has 0 bridgehead atoms. The van der Waals surface area contributed by atoms with Crippen molar-refractivity contribution in [2.45, 2.75) is 45.1 Å². The fourth-order valence-electron chi connectivity index (χ4n) is 3.29. The van der Waals surface area contributed by atoms with Gasteiger partial charge < -0.3 is 5.32 Å². The largest absolute Gasteiger partial charge is 0.416 e. The van der Waals surface area contributed by atoms with Gasteiger partial charge >= 0.3 is 12.4 Å². The van der Waals surface area contributed by atoms with Crippen LogP contribution >= 0.6 is 0 Å². The number of nitrogens with zero attached hydrogens (tertiary/aromatic N) is 1. The number of halogens is 6. The molecule has 1 fully saturated rings. The van der Waals surface area contributed by atoms with E-state index in [1.807, 2.05) is 18.7 Å². The summed E-state index contributed by atoms with van der Waals surface area (Å²) in [6, 6.07) is 1.10. The first-order valence-electron chi connectivity index (χ1n) is 8.73. The molecular weight excluding hydrogens is 358 g/mol. The Labute approximate surface area is 149 Å². The van der Waals surface area contributed by atoms with Gasteiger partial charge in [0.15, 0.2) is 0 Å². The van der Waals surface area contributed by atoms with E-state index in [4.69, 9.17) is 0 Å². The van der Waals surface area contributed by atoms with Crippen LogP contribution in [0.3, 0.4) is 0 Å². The summed E-state index contributed by atoms with van der Waals surface area (Å²) >= 11 is 0. The molecular formula is C18H24F6N2.